The van der Waals surface area contributed by atoms with Crippen LogP contribution in [0.15, 0.2) is 0 Å². The molecule has 4 heteroatoms. The fraction of sp³-hybridized carbons (Fsp3) is 0.920. The molecule has 0 heterocycles. The monoisotopic (exact) mass is 410 g/mol. The Morgan fingerprint density at radius 3 is 1.59 bits per heavy atom. The van der Waals surface area contributed by atoms with E-state index in [2.05, 4.69) is 6.92 Å². The van der Waals surface area contributed by atoms with Gasteiger partial charge in [0.15, 0.2) is 0 Å². The second-order valence-corrected chi connectivity index (χ2v) is 9.31. The predicted octanol–water partition coefficient (Wildman–Crippen LogP) is 7.45. The molecule has 0 aromatic rings. The van der Waals surface area contributed by atoms with Crippen LogP contribution in [0.5, 0.6) is 0 Å². The van der Waals surface area contributed by atoms with Gasteiger partial charge >= 0.3 is 11.9 Å². The lowest BCUT2D eigenvalue weighted by Crippen LogP contribution is -2.32. The van der Waals surface area contributed by atoms with Gasteiger partial charge in [-0.25, -0.2) is 0 Å². The van der Waals surface area contributed by atoms with E-state index in [4.69, 9.17) is 0 Å². The number of unbranched alkanes of at least 4 members (excludes halogenated alkanes) is 11. The van der Waals surface area contributed by atoms with Crippen molar-refractivity contribution in [3.05, 3.63) is 0 Å². The third kappa shape index (κ3) is 12.3. The second-order valence-electron chi connectivity index (χ2n) is 9.31. The molecule has 2 N–H and O–H groups in total. The summed E-state index contributed by atoms with van der Waals surface area (Å²) in [5.41, 5.74) is 0. The molecule has 1 rings (SSSR count). The van der Waals surface area contributed by atoms with Gasteiger partial charge in [0.25, 0.3) is 0 Å². The molecule has 0 bridgehead atoms. The first-order chi connectivity index (χ1) is 14.1. The van der Waals surface area contributed by atoms with Crippen molar-refractivity contribution in [1.82, 2.24) is 0 Å². The molecule has 0 spiro atoms. The minimum atomic E-state index is -0.920. The van der Waals surface area contributed by atoms with E-state index in [1.807, 2.05) is 0 Å². The van der Waals surface area contributed by atoms with Crippen LogP contribution in [-0.4, -0.2) is 22.2 Å². The Morgan fingerprint density at radius 2 is 1.14 bits per heavy atom. The number of hydrogen-bond donors (Lipinski definition) is 2. The normalized spacial score (nSPS) is 17.1. The third-order valence-corrected chi connectivity index (χ3v) is 6.80. The van der Waals surface area contributed by atoms with Gasteiger partial charge in [-0.2, -0.15) is 0 Å². The van der Waals surface area contributed by atoms with Gasteiger partial charge in [0.1, 0.15) is 0 Å². The van der Waals surface area contributed by atoms with Crippen LogP contribution in [0.3, 0.4) is 0 Å². The molecular weight excluding hydrogens is 364 g/mol. The zero-order chi connectivity index (χ0) is 21.3. The first-order valence-electron chi connectivity index (χ1n) is 12.5. The molecule has 4 nitrogen and oxygen atoms in total. The molecule has 1 aliphatic carbocycles. The van der Waals surface area contributed by atoms with E-state index in [-0.39, 0.29) is 0 Å². The number of aliphatic carboxylic acids is 2. The molecule has 1 aliphatic rings. The molecule has 0 radical (unpaired) electrons. The van der Waals surface area contributed by atoms with Crippen LogP contribution in [0.4, 0.5) is 0 Å². The first-order valence-corrected chi connectivity index (χ1v) is 12.5. The summed E-state index contributed by atoms with van der Waals surface area (Å²) < 4.78 is 0. The molecule has 29 heavy (non-hydrogen) atoms. The average molecular weight is 411 g/mol. The summed E-state index contributed by atoms with van der Waals surface area (Å²) in [6.07, 6.45) is 21.7. The van der Waals surface area contributed by atoms with Crippen LogP contribution in [0.25, 0.3) is 0 Å². The lowest BCUT2D eigenvalue weighted by atomic mass is 9.77. The van der Waals surface area contributed by atoms with Gasteiger partial charge in [0.2, 0.25) is 0 Å². The Kier molecular flexibility index (Phi) is 15.0. The summed E-state index contributed by atoms with van der Waals surface area (Å²) in [6, 6.07) is 0. The SMILES string of the molecule is CCCCCCCCCCCCCCC(C(=O)O)C(CC1CCCCC1)C(=O)O. The lowest BCUT2D eigenvalue weighted by Gasteiger charge is -2.27. The summed E-state index contributed by atoms with van der Waals surface area (Å²) in [4.78, 5) is 23.5. The largest absolute Gasteiger partial charge is 0.481 e. The average Bonchev–Trinajstić information content (AvgIpc) is 2.70. The van der Waals surface area contributed by atoms with Crippen molar-refractivity contribution < 1.29 is 19.8 Å². The molecule has 1 fully saturated rings. The van der Waals surface area contributed by atoms with Crippen LogP contribution in [0.2, 0.25) is 0 Å². The van der Waals surface area contributed by atoms with Gasteiger partial charge in [-0.3, -0.25) is 9.59 Å². The first kappa shape index (κ1) is 26.0. The molecular formula is C25H46O4. The number of carbonyl (C=O) groups is 2. The van der Waals surface area contributed by atoms with Gasteiger partial charge in [-0.15, -0.1) is 0 Å². The highest BCUT2D eigenvalue weighted by molar-refractivity contribution is 5.79. The third-order valence-electron chi connectivity index (χ3n) is 6.80. The molecule has 0 aromatic carbocycles. The van der Waals surface area contributed by atoms with Gasteiger partial charge in [-0.05, 0) is 18.8 Å². The minimum Gasteiger partial charge on any atom is -0.481 e. The summed E-state index contributed by atoms with van der Waals surface area (Å²) in [5.74, 6) is -2.88. The van der Waals surface area contributed by atoms with E-state index in [0.717, 1.165) is 44.9 Å². The van der Waals surface area contributed by atoms with Gasteiger partial charge < -0.3 is 10.2 Å². The number of hydrogen-bond acceptors (Lipinski definition) is 2. The van der Waals surface area contributed by atoms with Crippen LogP contribution < -0.4 is 0 Å². The van der Waals surface area contributed by atoms with Gasteiger partial charge in [-0.1, -0.05) is 116 Å². The van der Waals surface area contributed by atoms with E-state index >= 15 is 0 Å². The maximum absolute atomic E-state index is 11.8. The van der Waals surface area contributed by atoms with Crippen LogP contribution in [0.1, 0.15) is 129 Å². The highest BCUT2D eigenvalue weighted by Gasteiger charge is 2.35. The Bertz CT molecular complexity index is 429. The van der Waals surface area contributed by atoms with Gasteiger partial charge in [0, 0.05) is 0 Å². The fourth-order valence-electron chi connectivity index (χ4n) is 4.92. The Morgan fingerprint density at radius 1 is 0.690 bits per heavy atom. The number of carboxylic acid groups (broad SMARTS) is 2. The molecule has 1 saturated carbocycles. The second kappa shape index (κ2) is 16.7. The maximum Gasteiger partial charge on any atom is 0.307 e. The molecule has 0 amide bonds. The molecule has 2 unspecified atom stereocenters. The van der Waals surface area contributed by atoms with E-state index in [1.165, 1.54) is 64.2 Å². The minimum absolute atomic E-state index is 0.397. The van der Waals surface area contributed by atoms with Crippen molar-refractivity contribution in [2.45, 2.75) is 129 Å². The lowest BCUT2D eigenvalue weighted by molar-refractivity contribution is -0.155. The van der Waals surface area contributed by atoms with Crippen molar-refractivity contribution >= 4 is 11.9 Å². The molecule has 170 valence electrons. The summed E-state index contributed by atoms with van der Waals surface area (Å²) in [7, 11) is 0. The Labute approximate surface area is 178 Å². The van der Waals surface area contributed by atoms with Crippen LogP contribution in [0, 0.1) is 17.8 Å². The number of rotatable bonds is 18. The number of carboxylic acids is 2. The van der Waals surface area contributed by atoms with E-state index in [9.17, 15) is 19.8 Å². The Balaban J connectivity index is 2.19. The summed E-state index contributed by atoms with van der Waals surface area (Å²) in [5, 5.41) is 19.3. The Hall–Kier alpha value is -1.06. The van der Waals surface area contributed by atoms with Crippen molar-refractivity contribution in [1.29, 1.82) is 0 Å². The summed E-state index contributed by atoms with van der Waals surface area (Å²) >= 11 is 0. The molecule has 0 saturated heterocycles. The van der Waals surface area contributed by atoms with E-state index < -0.39 is 23.8 Å². The van der Waals surface area contributed by atoms with Gasteiger partial charge in [0.05, 0.1) is 11.8 Å². The highest BCUT2D eigenvalue weighted by Crippen LogP contribution is 2.33. The highest BCUT2D eigenvalue weighted by atomic mass is 16.4. The predicted molar refractivity (Wildman–Crippen MR) is 119 cm³/mol. The van der Waals surface area contributed by atoms with Crippen LogP contribution in [-0.2, 0) is 9.59 Å². The topological polar surface area (TPSA) is 74.6 Å². The van der Waals surface area contributed by atoms with Crippen molar-refractivity contribution in [2.24, 2.45) is 17.8 Å². The molecule has 2 atom stereocenters. The zero-order valence-electron chi connectivity index (χ0n) is 18.9. The quantitative estimate of drug-likeness (QED) is 0.230. The standard InChI is InChI=1S/C25H46O4/c1-2-3-4-5-6-7-8-9-10-11-12-16-19-22(24(26)27)23(25(28)29)20-21-17-14-13-15-18-21/h21-23H,2-20H2,1H3,(H,26,27)(H,28,29). The fourth-order valence-corrected chi connectivity index (χ4v) is 4.92. The van der Waals surface area contributed by atoms with Crippen LogP contribution >= 0.6 is 0 Å². The summed E-state index contributed by atoms with van der Waals surface area (Å²) in [6.45, 7) is 2.25. The van der Waals surface area contributed by atoms with Crippen molar-refractivity contribution in [3.8, 4) is 0 Å². The van der Waals surface area contributed by atoms with E-state index in [0.29, 0.717) is 18.8 Å². The smallest absolute Gasteiger partial charge is 0.307 e. The zero-order valence-corrected chi connectivity index (χ0v) is 18.9. The maximum atomic E-state index is 11.8. The van der Waals surface area contributed by atoms with Crippen molar-refractivity contribution in [2.75, 3.05) is 0 Å². The molecule has 0 aromatic heterocycles. The molecule has 0 aliphatic heterocycles. The van der Waals surface area contributed by atoms with E-state index in [1.54, 1.807) is 0 Å². The van der Waals surface area contributed by atoms with Crippen molar-refractivity contribution in [3.63, 3.8) is 0 Å².